The van der Waals surface area contributed by atoms with Crippen molar-refractivity contribution in [2.75, 3.05) is 7.11 Å². The Kier molecular flexibility index (Phi) is 4.11. The second kappa shape index (κ2) is 5.35. The van der Waals surface area contributed by atoms with E-state index in [1.165, 1.54) is 7.11 Å². The highest BCUT2D eigenvalue weighted by Gasteiger charge is 2.16. The molecule has 0 aliphatic heterocycles. The van der Waals surface area contributed by atoms with E-state index in [2.05, 4.69) is 22.0 Å². The van der Waals surface area contributed by atoms with Crippen molar-refractivity contribution in [2.45, 2.75) is 19.4 Å². The number of hydrazine groups is 1. The standard InChI is InChI=1S/C11H14N2O3/c1-7(14)8-4-3-5-9(11(15)16-2)10(6-8)13-12/h6-7,13-14H,4,12H2,1-2H3. The first-order chi connectivity index (χ1) is 7.60. The van der Waals surface area contributed by atoms with Crippen LogP contribution < -0.4 is 11.3 Å². The number of allylic oxidation sites excluding steroid dienone is 1. The van der Waals surface area contributed by atoms with Crippen molar-refractivity contribution in [3.63, 3.8) is 0 Å². The number of ether oxygens (including phenoxy) is 1. The second-order valence-electron chi connectivity index (χ2n) is 3.30. The number of nitrogens with two attached hydrogens (primary N) is 1. The maximum atomic E-state index is 11.4. The molecule has 0 heterocycles. The molecule has 0 fully saturated rings. The molecule has 0 spiro atoms. The van der Waals surface area contributed by atoms with E-state index in [1.54, 1.807) is 13.0 Å². The topological polar surface area (TPSA) is 84.6 Å². The minimum absolute atomic E-state index is 0.167. The van der Waals surface area contributed by atoms with Crippen molar-refractivity contribution in [1.82, 2.24) is 5.43 Å². The molecule has 0 saturated carbocycles. The van der Waals surface area contributed by atoms with Gasteiger partial charge in [0.15, 0.2) is 0 Å². The Morgan fingerprint density at radius 3 is 2.94 bits per heavy atom. The van der Waals surface area contributed by atoms with Crippen LogP contribution in [0.5, 0.6) is 0 Å². The van der Waals surface area contributed by atoms with Gasteiger partial charge in [0.2, 0.25) is 0 Å². The summed E-state index contributed by atoms with van der Waals surface area (Å²) in [7, 11) is 1.27. The van der Waals surface area contributed by atoms with Crippen LogP contribution in [0.25, 0.3) is 0 Å². The molecular weight excluding hydrogens is 208 g/mol. The van der Waals surface area contributed by atoms with Gasteiger partial charge in [-0.15, -0.1) is 0 Å². The summed E-state index contributed by atoms with van der Waals surface area (Å²) in [5, 5.41) is 9.45. The Bertz CT molecular complexity index is 411. The molecule has 5 heteroatoms. The molecule has 5 nitrogen and oxygen atoms in total. The van der Waals surface area contributed by atoms with Gasteiger partial charge in [-0.2, -0.15) is 0 Å². The Morgan fingerprint density at radius 1 is 1.75 bits per heavy atom. The fraction of sp³-hybridized carbons (Fsp3) is 0.364. The van der Waals surface area contributed by atoms with Crippen LogP contribution >= 0.6 is 0 Å². The first-order valence-electron chi connectivity index (χ1n) is 4.76. The Labute approximate surface area is 93.9 Å². The summed E-state index contributed by atoms with van der Waals surface area (Å²) in [6.45, 7) is 1.63. The van der Waals surface area contributed by atoms with Gasteiger partial charge in [-0.1, -0.05) is 11.8 Å². The molecule has 0 radical (unpaired) electrons. The van der Waals surface area contributed by atoms with Crippen LogP contribution in [0.15, 0.2) is 22.9 Å². The van der Waals surface area contributed by atoms with E-state index in [9.17, 15) is 9.90 Å². The summed E-state index contributed by atoms with van der Waals surface area (Å²) >= 11 is 0. The lowest BCUT2D eigenvalue weighted by Gasteiger charge is -2.08. The number of hydrogen-bond donors (Lipinski definition) is 3. The van der Waals surface area contributed by atoms with Gasteiger partial charge < -0.3 is 15.3 Å². The van der Waals surface area contributed by atoms with Gasteiger partial charge in [-0.3, -0.25) is 5.84 Å². The van der Waals surface area contributed by atoms with Crippen molar-refractivity contribution >= 4 is 5.97 Å². The fourth-order valence-corrected chi connectivity index (χ4v) is 1.26. The number of esters is 1. The maximum Gasteiger partial charge on any atom is 0.348 e. The Hall–Kier alpha value is -1.77. The molecule has 16 heavy (non-hydrogen) atoms. The number of rotatable bonds is 3. The van der Waals surface area contributed by atoms with Crippen molar-refractivity contribution in [1.29, 1.82) is 0 Å². The van der Waals surface area contributed by atoms with Crippen LogP contribution in [-0.2, 0) is 9.53 Å². The van der Waals surface area contributed by atoms with Gasteiger partial charge in [0.05, 0.1) is 18.9 Å². The monoisotopic (exact) mass is 222 g/mol. The predicted molar refractivity (Wildman–Crippen MR) is 58.5 cm³/mol. The van der Waals surface area contributed by atoms with E-state index in [1.807, 2.05) is 0 Å². The molecule has 1 aliphatic rings. The van der Waals surface area contributed by atoms with E-state index >= 15 is 0 Å². The lowest BCUT2D eigenvalue weighted by atomic mass is 10.1. The van der Waals surface area contributed by atoms with Crippen LogP contribution in [0.1, 0.15) is 13.3 Å². The lowest BCUT2D eigenvalue weighted by Crippen LogP contribution is -2.24. The van der Waals surface area contributed by atoms with Gasteiger partial charge in [-0.05, 0) is 18.6 Å². The minimum atomic E-state index is -0.630. The maximum absolute atomic E-state index is 11.4. The highest BCUT2D eigenvalue weighted by Crippen LogP contribution is 2.15. The highest BCUT2D eigenvalue weighted by atomic mass is 16.5. The molecule has 1 unspecified atom stereocenters. The summed E-state index contributed by atoms with van der Waals surface area (Å²) in [4.78, 5) is 11.4. The molecule has 0 amide bonds. The molecule has 0 saturated heterocycles. The zero-order valence-electron chi connectivity index (χ0n) is 9.20. The zero-order chi connectivity index (χ0) is 12.1. The third-order valence-corrected chi connectivity index (χ3v) is 2.19. The van der Waals surface area contributed by atoms with Gasteiger partial charge in [0.25, 0.3) is 0 Å². The molecule has 0 bridgehead atoms. The zero-order valence-corrected chi connectivity index (χ0v) is 9.20. The van der Waals surface area contributed by atoms with Gasteiger partial charge in [0, 0.05) is 6.42 Å². The van der Waals surface area contributed by atoms with E-state index in [0.717, 1.165) is 0 Å². The van der Waals surface area contributed by atoms with E-state index in [0.29, 0.717) is 17.7 Å². The predicted octanol–water partition coefficient (Wildman–Crippen LogP) is -0.409. The lowest BCUT2D eigenvalue weighted by molar-refractivity contribution is -0.135. The second-order valence-corrected chi connectivity index (χ2v) is 3.30. The first-order valence-corrected chi connectivity index (χ1v) is 4.76. The number of methoxy groups -OCH3 is 1. The third-order valence-electron chi connectivity index (χ3n) is 2.19. The number of aliphatic hydroxyl groups is 1. The summed E-state index contributed by atoms with van der Waals surface area (Å²) in [5.41, 5.74) is 3.60. The van der Waals surface area contributed by atoms with Gasteiger partial charge in [-0.25, -0.2) is 4.79 Å². The molecule has 4 N–H and O–H groups in total. The van der Waals surface area contributed by atoms with Crippen molar-refractivity contribution in [2.24, 2.45) is 5.84 Å². The molecule has 1 atom stereocenters. The summed E-state index contributed by atoms with van der Waals surface area (Å²) in [6, 6.07) is 0. The molecule has 1 aliphatic carbocycles. The summed E-state index contributed by atoms with van der Waals surface area (Å²) in [6.07, 6.45) is 1.36. The molecule has 0 aromatic carbocycles. The summed E-state index contributed by atoms with van der Waals surface area (Å²) < 4.78 is 4.59. The third kappa shape index (κ3) is 2.63. The fourth-order valence-electron chi connectivity index (χ4n) is 1.26. The number of aliphatic hydroxyl groups excluding tert-OH is 1. The van der Waals surface area contributed by atoms with Crippen LogP contribution in [0, 0.1) is 11.8 Å². The number of hydrogen-bond acceptors (Lipinski definition) is 5. The minimum Gasteiger partial charge on any atom is -0.465 e. The van der Waals surface area contributed by atoms with Crippen molar-refractivity contribution in [3.8, 4) is 11.8 Å². The number of nitrogens with one attached hydrogen (secondary N) is 1. The molecular formula is C11H14N2O3. The average molecular weight is 222 g/mol. The first kappa shape index (κ1) is 12.3. The molecule has 1 rings (SSSR count). The number of carbonyl (C=O) groups is 1. The smallest absolute Gasteiger partial charge is 0.348 e. The van der Waals surface area contributed by atoms with Crippen molar-refractivity contribution in [3.05, 3.63) is 22.9 Å². The quantitative estimate of drug-likeness (QED) is 0.262. The van der Waals surface area contributed by atoms with Crippen LogP contribution in [-0.4, -0.2) is 24.3 Å². The van der Waals surface area contributed by atoms with E-state index < -0.39 is 12.1 Å². The largest absolute Gasteiger partial charge is 0.465 e. The Morgan fingerprint density at radius 2 is 2.44 bits per heavy atom. The Balaban J connectivity index is 3.19. The molecule has 86 valence electrons. The normalized spacial score (nSPS) is 16.6. The molecule has 0 aromatic rings. The number of carbonyl (C=O) groups excluding carboxylic acids is 1. The van der Waals surface area contributed by atoms with Crippen LogP contribution in [0.4, 0.5) is 0 Å². The van der Waals surface area contributed by atoms with E-state index in [4.69, 9.17) is 5.84 Å². The van der Waals surface area contributed by atoms with Crippen LogP contribution in [0.2, 0.25) is 0 Å². The summed E-state index contributed by atoms with van der Waals surface area (Å²) in [5.74, 6) is 10.2. The average Bonchev–Trinajstić information content (AvgIpc) is 2.49. The van der Waals surface area contributed by atoms with E-state index in [-0.39, 0.29) is 5.57 Å². The highest BCUT2D eigenvalue weighted by molar-refractivity contribution is 5.95. The van der Waals surface area contributed by atoms with Gasteiger partial charge >= 0.3 is 5.97 Å². The SMILES string of the molecule is COC(=O)C1=C(NN)C=C(C(C)O)CC#C1. The van der Waals surface area contributed by atoms with Gasteiger partial charge in [0.1, 0.15) is 5.57 Å². The van der Waals surface area contributed by atoms with Crippen molar-refractivity contribution < 1.29 is 14.6 Å². The molecule has 0 aromatic heterocycles. The van der Waals surface area contributed by atoms with Crippen LogP contribution in [0.3, 0.4) is 0 Å².